The average molecular weight is 325 g/mol. The number of halogens is 2. The molecule has 126 valence electrons. The zero-order chi connectivity index (χ0) is 16.8. The van der Waals surface area contributed by atoms with Gasteiger partial charge in [0.2, 0.25) is 0 Å². The lowest BCUT2D eigenvalue weighted by atomic mass is 10.1. The predicted octanol–water partition coefficient (Wildman–Crippen LogP) is 2.18. The van der Waals surface area contributed by atoms with E-state index in [-0.39, 0.29) is 30.7 Å². The molecule has 23 heavy (non-hydrogen) atoms. The van der Waals surface area contributed by atoms with Crippen LogP contribution in [0.5, 0.6) is 0 Å². The highest BCUT2D eigenvalue weighted by molar-refractivity contribution is 5.94. The van der Waals surface area contributed by atoms with E-state index in [4.69, 9.17) is 0 Å². The quantitative estimate of drug-likeness (QED) is 0.726. The molecule has 0 bridgehead atoms. The van der Waals surface area contributed by atoms with Crippen molar-refractivity contribution in [1.82, 2.24) is 16.0 Å². The number of amides is 3. The van der Waals surface area contributed by atoms with Gasteiger partial charge in [-0.1, -0.05) is 13.3 Å². The summed E-state index contributed by atoms with van der Waals surface area (Å²) in [6.07, 6.45) is 3.21. The monoisotopic (exact) mass is 325 g/mol. The van der Waals surface area contributed by atoms with Crippen LogP contribution in [0.2, 0.25) is 0 Å². The number of nitrogens with one attached hydrogen (secondary N) is 3. The Labute approximate surface area is 133 Å². The standard InChI is InChI=1S/C16H21F2N3O2/c1-10-3-2-4-14(10)21-16(23)20-8-7-19-15(22)12-6-5-11(17)9-13(12)18/h5-6,9-10,14H,2-4,7-8H2,1H3,(H,19,22)(H2,20,21,23). The fraction of sp³-hybridized carbons (Fsp3) is 0.500. The molecule has 0 radical (unpaired) electrons. The number of hydrogen-bond acceptors (Lipinski definition) is 2. The first kappa shape index (κ1) is 17.2. The van der Waals surface area contributed by atoms with Crippen LogP contribution >= 0.6 is 0 Å². The van der Waals surface area contributed by atoms with Gasteiger partial charge in [-0.15, -0.1) is 0 Å². The first-order valence-electron chi connectivity index (χ1n) is 7.75. The van der Waals surface area contributed by atoms with Gasteiger partial charge in [-0.3, -0.25) is 4.79 Å². The number of hydrogen-bond donors (Lipinski definition) is 3. The zero-order valence-electron chi connectivity index (χ0n) is 13.0. The van der Waals surface area contributed by atoms with Gasteiger partial charge < -0.3 is 16.0 Å². The van der Waals surface area contributed by atoms with Crippen molar-refractivity contribution in [3.63, 3.8) is 0 Å². The molecule has 7 heteroatoms. The van der Waals surface area contributed by atoms with Crippen LogP contribution in [0, 0.1) is 17.6 Å². The number of rotatable bonds is 5. The van der Waals surface area contributed by atoms with Crippen LogP contribution in [0.3, 0.4) is 0 Å². The lowest BCUT2D eigenvalue weighted by molar-refractivity contribution is 0.0949. The van der Waals surface area contributed by atoms with Gasteiger partial charge >= 0.3 is 6.03 Å². The Hall–Kier alpha value is -2.18. The van der Waals surface area contributed by atoms with Crippen molar-refractivity contribution in [2.75, 3.05) is 13.1 Å². The molecule has 1 aromatic carbocycles. The number of urea groups is 1. The Balaban J connectivity index is 1.68. The molecule has 0 aliphatic heterocycles. The molecule has 5 nitrogen and oxygen atoms in total. The van der Waals surface area contributed by atoms with Gasteiger partial charge in [0.1, 0.15) is 11.6 Å². The van der Waals surface area contributed by atoms with Crippen molar-refractivity contribution >= 4 is 11.9 Å². The fourth-order valence-electron chi connectivity index (χ4n) is 2.70. The summed E-state index contributed by atoms with van der Waals surface area (Å²) in [5.41, 5.74) is -0.226. The van der Waals surface area contributed by atoms with Gasteiger partial charge in [0.15, 0.2) is 0 Å². The van der Waals surface area contributed by atoms with Crippen molar-refractivity contribution in [3.05, 3.63) is 35.4 Å². The maximum Gasteiger partial charge on any atom is 0.315 e. The topological polar surface area (TPSA) is 70.2 Å². The van der Waals surface area contributed by atoms with Gasteiger partial charge in [-0.25, -0.2) is 13.6 Å². The van der Waals surface area contributed by atoms with Crippen LogP contribution in [0.15, 0.2) is 18.2 Å². The van der Waals surface area contributed by atoms with E-state index in [2.05, 4.69) is 22.9 Å². The summed E-state index contributed by atoms with van der Waals surface area (Å²) in [5.74, 6) is -1.82. The molecule has 2 atom stereocenters. The first-order chi connectivity index (χ1) is 11.0. The van der Waals surface area contributed by atoms with Crippen LogP contribution in [-0.2, 0) is 0 Å². The van der Waals surface area contributed by atoms with Crippen LogP contribution in [0.1, 0.15) is 36.5 Å². The molecule has 0 heterocycles. The van der Waals surface area contributed by atoms with E-state index in [1.807, 2.05) is 0 Å². The minimum atomic E-state index is -0.913. The molecule has 3 N–H and O–H groups in total. The van der Waals surface area contributed by atoms with Crippen molar-refractivity contribution in [1.29, 1.82) is 0 Å². The molecule has 3 amide bonds. The molecule has 1 fully saturated rings. The van der Waals surface area contributed by atoms with E-state index in [1.165, 1.54) is 0 Å². The number of carbonyl (C=O) groups is 2. The number of benzene rings is 1. The van der Waals surface area contributed by atoms with E-state index in [1.54, 1.807) is 0 Å². The van der Waals surface area contributed by atoms with Crippen molar-refractivity contribution in [2.24, 2.45) is 5.92 Å². The normalized spacial score (nSPS) is 20.1. The molecule has 2 unspecified atom stereocenters. The summed E-state index contributed by atoms with van der Waals surface area (Å²) in [4.78, 5) is 23.5. The maximum absolute atomic E-state index is 13.4. The Morgan fingerprint density at radius 1 is 1.17 bits per heavy atom. The lowest BCUT2D eigenvalue weighted by Crippen LogP contribution is -2.45. The summed E-state index contributed by atoms with van der Waals surface area (Å²) in [7, 11) is 0. The van der Waals surface area contributed by atoms with E-state index in [0.29, 0.717) is 12.0 Å². The van der Waals surface area contributed by atoms with Crippen molar-refractivity contribution < 1.29 is 18.4 Å². The zero-order valence-corrected chi connectivity index (χ0v) is 13.0. The summed E-state index contributed by atoms with van der Waals surface area (Å²) in [6.45, 7) is 2.49. The maximum atomic E-state index is 13.4. The Morgan fingerprint density at radius 3 is 2.57 bits per heavy atom. The highest BCUT2D eigenvalue weighted by Gasteiger charge is 2.24. The van der Waals surface area contributed by atoms with E-state index in [0.717, 1.165) is 31.4 Å². The third kappa shape index (κ3) is 4.91. The Kier molecular flexibility index (Phi) is 5.90. The summed E-state index contributed by atoms with van der Waals surface area (Å²) >= 11 is 0. The molecule has 0 aromatic heterocycles. The van der Waals surface area contributed by atoms with Gasteiger partial charge in [0.05, 0.1) is 5.56 Å². The predicted molar refractivity (Wildman–Crippen MR) is 82.0 cm³/mol. The second-order valence-electron chi connectivity index (χ2n) is 5.79. The third-order valence-corrected chi connectivity index (χ3v) is 4.05. The molecular weight excluding hydrogens is 304 g/mol. The van der Waals surface area contributed by atoms with E-state index >= 15 is 0 Å². The van der Waals surface area contributed by atoms with Crippen molar-refractivity contribution in [3.8, 4) is 0 Å². The second-order valence-corrected chi connectivity index (χ2v) is 5.79. The van der Waals surface area contributed by atoms with Crippen LogP contribution < -0.4 is 16.0 Å². The smallest absolute Gasteiger partial charge is 0.315 e. The summed E-state index contributed by atoms with van der Waals surface area (Å²) in [5, 5.41) is 8.01. The van der Waals surface area contributed by atoms with Gasteiger partial charge in [-0.2, -0.15) is 0 Å². The molecule has 1 aliphatic rings. The van der Waals surface area contributed by atoms with E-state index < -0.39 is 17.5 Å². The molecule has 2 rings (SSSR count). The lowest BCUT2D eigenvalue weighted by Gasteiger charge is -2.17. The van der Waals surface area contributed by atoms with Crippen LogP contribution in [0.4, 0.5) is 13.6 Å². The van der Waals surface area contributed by atoms with Gasteiger partial charge in [-0.05, 0) is 30.9 Å². The van der Waals surface area contributed by atoms with E-state index in [9.17, 15) is 18.4 Å². The molecule has 0 saturated heterocycles. The van der Waals surface area contributed by atoms with Crippen LogP contribution in [-0.4, -0.2) is 31.1 Å². The number of carbonyl (C=O) groups excluding carboxylic acids is 2. The SMILES string of the molecule is CC1CCCC1NC(=O)NCCNC(=O)c1ccc(F)cc1F. The second kappa shape index (κ2) is 7.89. The highest BCUT2D eigenvalue weighted by Crippen LogP contribution is 2.24. The fourth-order valence-corrected chi connectivity index (χ4v) is 2.70. The van der Waals surface area contributed by atoms with Crippen molar-refractivity contribution in [2.45, 2.75) is 32.2 Å². The first-order valence-corrected chi connectivity index (χ1v) is 7.75. The highest BCUT2D eigenvalue weighted by atomic mass is 19.1. The molecule has 1 saturated carbocycles. The Bertz CT molecular complexity index is 580. The third-order valence-electron chi connectivity index (χ3n) is 4.05. The van der Waals surface area contributed by atoms with Gasteiger partial charge in [0.25, 0.3) is 5.91 Å². The largest absolute Gasteiger partial charge is 0.350 e. The molecule has 1 aliphatic carbocycles. The van der Waals surface area contributed by atoms with Gasteiger partial charge in [0, 0.05) is 25.2 Å². The average Bonchev–Trinajstić information content (AvgIpc) is 2.88. The molecular formula is C16H21F2N3O2. The molecule has 1 aromatic rings. The minimum absolute atomic E-state index is 0.156. The molecule has 0 spiro atoms. The summed E-state index contributed by atoms with van der Waals surface area (Å²) < 4.78 is 26.2. The minimum Gasteiger partial charge on any atom is -0.350 e. The Morgan fingerprint density at radius 2 is 1.91 bits per heavy atom. The van der Waals surface area contributed by atoms with Crippen LogP contribution in [0.25, 0.3) is 0 Å². The summed E-state index contributed by atoms with van der Waals surface area (Å²) in [6, 6.07) is 2.68.